The van der Waals surface area contributed by atoms with E-state index in [9.17, 15) is 4.79 Å². The van der Waals surface area contributed by atoms with Crippen molar-refractivity contribution < 1.29 is 4.79 Å². The van der Waals surface area contributed by atoms with Gasteiger partial charge in [0, 0.05) is 12.2 Å². The van der Waals surface area contributed by atoms with E-state index >= 15 is 0 Å². The summed E-state index contributed by atoms with van der Waals surface area (Å²) >= 11 is 0. The molecule has 5 heteroatoms. The van der Waals surface area contributed by atoms with Crippen molar-refractivity contribution in [1.82, 2.24) is 9.97 Å². The molecule has 0 unspecified atom stereocenters. The Labute approximate surface area is 171 Å². The molecule has 29 heavy (non-hydrogen) atoms. The first-order chi connectivity index (χ1) is 13.9. The lowest BCUT2D eigenvalue weighted by molar-refractivity contribution is -0.122. The van der Waals surface area contributed by atoms with Gasteiger partial charge in [-0.3, -0.25) is 4.79 Å². The Morgan fingerprint density at radius 1 is 1.17 bits per heavy atom. The minimum Gasteiger partial charge on any atom is -0.399 e. The van der Waals surface area contributed by atoms with Crippen molar-refractivity contribution in [2.75, 3.05) is 17.2 Å². The molecule has 0 bridgehead atoms. The monoisotopic (exact) mass is 388 g/mol. The molecule has 3 N–H and O–H groups in total. The van der Waals surface area contributed by atoms with Crippen LogP contribution in [0.1, 0.15) is 57.0 Å². The summed E-state index contributed by atoms with van der Waals surface area (Å²) in [4.78, 5) is 23.0. The third-order valence-corrected chi connectivity index (χ3v) is 5.69. The molecule has 1 aromatic heterocycles. The molecule has 2 heterocycles. The van der Waals surface area contributed by atoms with Crippen LogP contribution in [0.5, 0.6) is 0 Å². The van der Waals surface area contributed by atoms with Crippen LogP contribution in [0.2, 0.25) is 0 Å². The standard InChI is InChI=1S/C24H28N4O/c1-4-5-6-12-28-21-15-20-19(14-18(21)24(2,3)23(28)29)26-22(27-20)11-10-16-8-7-9-17(25)13-16/h7-11,13-15H,4-6,12,25H2,1-3H3,(H,26,27). The summed E-state index contributed by atoms with van der Waals surface area (Å²) < 4.78 is 0. The molecule has 1 amide bonds. The number of carbonyl (C=O) groups is 1. The van der Waals surface area contributed by atoms with Gasteiger partial charge in [0.15, 0.2) is 0 Å². The maximum atomic E-state index is 13.0. The normalized spacial score (nSPS) is 15.6. The molecule has 1 aliphatic heterocycles. The maximum Gasteiger partial charge on any atom is 0.237 e. The number of hydrogen-bond acceptors (Lipinski definition) is 3. The van der Waals surface area contributed by atoms with E-state index in [4.69, 9.17) is 10.7 Å². The second-order valence-corrected chi connectivity index (χ2v) is 8.30. The first-order valence-corrected chi connectivity index (χ1v) is 10.3. The van der Waals surface area contributed by atoms with Crippen LogP contribution in [0.15, 0.2) is 36.4 Å². The molecular formula is C24H28N4O. The van der Waals surface area contributed by atoms with Crippen LogP contribution < -0.4 is 10.6 Å². The minimum absolute atomic E-state index is 0.179. The third kappa shape index (κ3) is 3.53. The van der Waals surface area contributed by atoms with Crippen molar-refractivity contribution in [1.29, 1.82) is 0 Å². The predicted molar refractivity (Wildman–Crippen MR) is 121 cm³/mol. The molecule has 0 radical (unpaired) electrons. The zero-order chi connectivity index (χ0) is 20.6. The second kappa shape index (κ2) is 7.39. The predicted octanol–water partition coefficient (Wildman–Crippen LogP) is 5.13. The molecular weight excluding hydrogens is 360 g/mol. The summed E-state index contributed by atoms with van der Waals surface area (Å²) in [6, 6.07) is 11.9. The average Bonchev–Trinajstić information content (AvgIpc) is 3.17. The average molecular weight is 389 g/mol. The van der Waals surface area contributed by atoms with Gasteiger partial charge in [-0.05, 0) is 61.7 Å². The third-order valence-electron chi connectivity index (χ3n) is 5.69. The van der Waals surface area contributed by atoms with Gasteiger partial charge in [-0.1, -0.05) is 38.0 Å². The smallest absolute Gasteiger partial charge is 0.237 e. The van der Waals surface area contributed by atoms with Gasteiger partial charge in [-0.15, -0.1) is 0 Å². The fourth-order valence-electron chi connectivity index (χ4n) is 4.01. The number of hydrogen-bond donors (Lipinski definition) is 2. The highest BCUT2D eigenvalue weighted by atomic mass is 16.2. The molecule has 4 rings (SSSR count). The molecule has 3 aromatic rings. The van der Waals surface area contributed by atoms with Gasteiger partial charge < -0.3 is 15.6 Å². The lowest BCUT2D eigenvalue weighted by atomic mass is 9.86. The highest BCUT2D eigenvalue weighted by Crippen LogP contribution is 2.43. The summed E-state index contributed by atoms with van der Waals surface area (Å²) in [5, 5.41) is 0. The molecule has 1 aliphatic rings. The van der Waals surface area contributed by atoms with Gasteiger partial charge >= 0.3 is 0 Å². The van der Waals surface area contributed by atoms with Crippen LogP contribution in [0.25, 0.3) is 23.2 Å². The molecule has 0 saturated heterocycles. The van der Waals surface area contributed by atoms with Crippen molar-refractivity contribution in [2.24, 2.45) is 0 Å². The van der Waals surface area contributed by atoms with Crippen molar-refractivity contribution in [3.63, 3.8) is 0 Å². The number of nitrogens with two attached hydrogens (primary N) is 1. The van der Waals surface area contributed by atoms with Crippen LogP contribution in [0.3, 0.4) is 0 Å². The molecule has 5 nitrogen and oxygen atoms in total. The Kier molecular flexibility index (Phi) is 4.91. The number of nitrogens with zero attached hydrogens (tertiary/aromatic N) is 2. The number of nitrogen functional groups attached to an aromatic ring is 1. The van der Waals surface area contributed by atoms with Crippen LogP contribution in [-0.4, -0.2) is 22.4 Å². The maximum absolute atomic E-state index is 13.0. The second-order valence-electron chi connectivity index (χ2n) is 8.30. The van der Waals surface area contributed by atoms with E-state index in [-0.39, 0.29) is 5.91 Å². The molecule has 0 spiro atoms. The number of carbonyl (C=O) groups excluding carboxylic acids is 1. The van der Waals surface area contributed by atoms with Gasteiger partial charge in [0.2, 0.25) is 5.91 Å². The van der Waals surface area contributed by atoms with E-state index in [1.807, 2.05) is 55.2 Å². The number of unbranched alkanes of at least 4 members (excludes halogenated alkanes) is 2. The fraction of sp³-hybridized carbons (Fsp3) is 0.333. The summed E-state index contributed by atoms with van der Waals surface area (Å²) in [6.45, 7) is 6.96. The fourth-order valence-corrected chi connectivity index (χ4v) is 4.01. The number of imidazole rings is 1. The van der Waals surface area contributed by atoms with Crippen LogP contribution in [0, 0.1) is 0 Å². The zero-order valence-electron chi connectivity index (χ0n) is 17.3. The Balaban J connectivity index is 1.68. The van der Waals surface area contributed by atoms with E-state index in [1.54, 1.807) is 0 Å². The highest BCUT2D eigenvalue weighted by molar-refractivity contribution is 6.09. The molecule has 150 valence electrons. The van der Waals surface area contributed by atoms with Gasteiger partial charge in [-0.2, -0.15) is 0 Å². The zero-order valence-corrected chi connectivity index (χ0v) is 17.3. The van der Waals surface area contributed by atoms with E-state index in [0.717, 1.165) is 65.2 Å². The molecule has 0 fully saturated rings. The van der Waals surface area contributed by atoms with E-state index in [1.165, 1.54) is 0 Å². The van der Waals surface area contributed by atoms with E-state index in [0.29, 0.717) is 0 Å². The number of amides is 1. The van der Waals surface area contributed by atoms with Crippen molar-refractivity contribution in [3.8, 4) is 0 Å². The molecule has 2 aromatic carbocycles. The van der Waals surface area contributed by atoms with Crippen LogP contribution >= 0.6 is 0 Å². The lowest BCUT2D eigenvalue weighted by Crippen LogP contribution is -2.36. The summed E-state index contributed by atoms with van der Waals surface area (Å²) in [7, 11) is 0. The molecule has 0 saturated carbocycles. The first-order valence-electron chi connectivity index (χ1n) is 10.3. The number of aromatic amines is 1. The number of rotatable bonds is 6. The summed E-state index contributed by atoms with van der Waals surface area (Å²) in [5.41, 5.74) is 11.0. The number of H-pyrrole nitrogens is 1. The summed E-state index contributed by atoms with van der Waals surface area (Å²) in [5.74, 6) is 0.964. The van der Waals surface area contributed by atoms with Crippen LogP contribution in [0.4, 0.5) is 11.4 Å². The van der Waals surface area contributed by atoms with Crippen molar-refractivity contribution in [3.05, 3.63) is 53.3 Å². The number of nitrogens with one attached hydrogen (secondary N) is 1. The van der Waals surface area contributed by atoms with Crippen molar-refractivity contribution >= 4 is 40.5 Å². The van der Waals surface area contributed by atoms with Gasteiger partial charge in [-0.25, -0.2) is 4.98 Å². The number of fused-ring (bicyclic) bond motifs is 2. The number of anilines is 2. The van der Waals surface area contributed by atoms with E-state index in [2.05, 4.69) is 24.0 Å². The Morgan fingerprint density at radius 3 is 2.76 bits per heavy atom. The highest BCUT2D eigenvalue weighted by Gasteiger charge is 2.43. The number of aromatic nitrogens is 2. The summed E-state index contributed by atoms with van der Waals surface area (Å²) in [6.07, 6.45) is 7.23. The Morgan fingerprint density at radius 2 is 2.00 bits per heavy atom. The Bertz CT molecular complexity index is 1090. The molecule has 0 atom stereocenters. The first kappa shape index (κ1) is 19.2. The SMILES string of the molecule is CCCCCN1C(=O)C(C)(C)c2cc3[nH]c(C=Cc4cccc(N)c4)nc3cc21. The largest absolute Gasteiger partial charge is 0.399 e. The van der Waals surface area contributed by atoms with Crippen LogP contribution in [-0.2, 0) is 10.2 Å². The number of benzene rings is 2. The minimum atomic E-state index is -0.515. The Hall–Kier alpha value is -3.08. The topological polar surface area (TPSA) is 75.0 Å². The van der Waals surface area contributed by atoms with Crippen molar-refractivity contribution in [2.45, 2.75) is 45.4 Å². The molecule has 0 aliphatic carbocycles. The van der Waals surface area contributed by atoms with Gasteiger partial charge in [0.1, 0.15) is 5.82 Å². The van der Waals surface area contributed by atoms with Gasteiger partial charge in [0.05, 0.1) is 22.1 Å². The van der Waals surface area contributed by atoms with E-state index < -0.39 is 5.41 Å². The lowest BCUT2D eigenvalue weighted by Gasteiger charge is -2.20. The quantitative estimate of drug-likeness (QED) is 0.454. The van der Waals surface area contributed by atoms with Gasteiger partial charge in [0.25, 0.3) is 0 Å².